The number of methoxy groups -OCH3 is 2. The maximum atomic E-state index is 6.12. The first-order chi connectivity index (χ1) is 9.97. The number of alkyl halides is 1. The molecule has 0 saturated carbocycles. The summed E-state index contributed by atoms with van der Waals surface area (Å²) in [6.07, 6.45) is 0. The molecule has 2 rings (SSSR count). The standard InChI is InChI=1S/C16H15Br2ClO2/c1-9-4-5-10(19)6-11(9)16(18)12-7-15(21-3)13(17)8-14(12)20-2/h4-8,16H,1-3H3. The van der Waals surface area contributed by atoms with Gasteiger partial charge in [0.2, 0.25) is 0 Å². The molecule has 0 amide bonds. The molecule has 0 N–H and O–H groups in total. The van der Waals surface area contributed by atoms with E-state index in [0.29, 0.717) is 5.02 Å². The van der Waals surface area contributed by atoms with Crippen LogP contribution in [-0.4, -0.2) is 14.2 Å². The van der Waals surface area contributed by atoms with Crippen LogP contribution in [0.25, 0.3) is 0 Å². The maximum Gasteiger partial charge on any atom is 0.133 e. The van der Waals surface area contributed by atoms with Gasteiger partial charge < -0.3 is 9.47 Å². The summed E-state index contributed by atoms with van der Waals surface area (Å²) >= 11 is 13.3. The summed E-state index contributed by atoms with van der Waals surface area (Å²) in [6.45, 7) is 2.06. The van der Waals surface area contributed by atoms with Gasteiger partial charge in [-0.25, -0.2) is 0 Å². The van der Waals surface area contributed by atoms with E-state index in [2.05, 4.69) is 38.8 Å². The van der Waals surface area contributed by atoms with Gasteiger partial charge in [-0.15, -0.1) is 0 Å². The van der Waals surface area contributed by atoms with E-state index < -0.39 is 0 Å². The number of hydrogen-bond donors (Lipinski definition) is 0. The van der Waals surface area contributed by atoms with E-state index in [1.807, 2.05) is 30.3 Å². The van der Waals surface area contributed by atoms with Gasteiger partial charge >= 0.3 is 0 Å². The minimum Gasteiger partial charge on any atom is -0.496 e. The zero-order valence-corrected chi connectivity index (χ0v) is 15.8. The smallest absolute Gasteiger partial charge is 0.133 e. The minimum absolute atomic E-state index is 0.0341. The van der Waals surface area contributed by atoms with Crippen LogP contribution in [0.1, 0.15) is 21.5 Å². The lowest BCUT2D eigenvalue weighted by Gasteiger charge is -2.18. The summed E-state index contributed by atoms with van der Waals surface area (Å²) in [4.78, 5) is -0.0341. The van der Waals surface area contributed by atoms with E-state index >= 15 is 0 Å². The van der Waals surface area contributed by atoms with Gasteiger partial charge in [0, 0.05) is 10.6 Å². The molecule has 112 valence electrons. The van der Waals surface area contributed by atoms with Gasteiger partial charge in [-0.1, -0.05) is 33.6 Å². The predicted molar refractivity (Wildman–Crippen MR) is 94.2 cm³/mol. The Morgan fingerprint density at radius 2 is 1.67 bits per heavy atom. The van der Waals surface area contributed by atoms with Crippen LogP contribution in [0.5, 0.6) is 11.5 Å². The second kappa shape index (κ2) is 7.03. The number of aryl methyl sites for hydroxylation is 1. The number of halogens is 3. The molecule has 1 unspecified atom stereocenters. The topological polar surface area (TPSA) is 18.5 Å². The molecule has 0 heterocycles. The summed E-state index contributed by atoms with van der Waals surface area (Å²) in [5.41, 5.74) is 3.25. The van der Waals surface area contributed by atoms with Crippen molar-refractivity contribution >= 4 is 43.5 Å². The molecular formula is C16H15Br2ClO2. The molecule has 5 heteroatoms. The van der Waals surface area contributed by atoms with E-state index in [-0.39, 0.29) is 4.83 Å². The third-order valence-electron chi connectivity index (χ3n) is 3.29. The van der Waals surface area contributed by atoms with E-state index in [1.165, 1.54) is 0 Å². The average molecular weight is 435 g/mol. The highest BCUT2D eigenvalue weighted by atomic mass is 79.9. The summed E-state index contributed by atoms with van der Waals surface area (Å²) in [7, 11) is 3.30. The Kier molecular flexibility index (Phi) is 5.58. The van der Waals surface area contributed by atoms with Crippen molar-refractivity contribution in [3.8, 4) is 11.5 Å². The molecule has 0 aromatic heterocycles. The molecule has 0 saturated heterocycles. The van der Waals surface area contributed by atoms with Crippen LogP contribution >= 0.6 is 43.5 Å². The minimum atomic E-state index is -0.0341. The Balaban J connectivity index is 2.56. The summed E-state index contributed by atoms with van der Waals surface area (Å²) < 4.78 is 11.7. The van der Waals surface area contributed by atoms with Crippen molar-refractivity contribution in [2.45, 2.75) is 11.8 Å². The normalized spacial score (nSPS) is 12.1. The van der Waals surface area contributed by atoms with Crippen molar-refractivity contribution in [3.63, 3.8) is 0 Å². The van der Waals surface area contributed by atoms with Crippen molar-refractivity contribution in [1.82, 2.24) is 0 Å². The SMILES string of the molecule is COc1cc(C(Br)c2cc(Cl)ccc2C)c(OC)cc1Br. The van der Waals surface area contributed by atoms with E-state index in [9.17, 15) is 0 Å². The van der Waals surface area contributed by atoms with Crippen LogP contribution in [0.4, 0.5) is 0 Å². The Hall–Kier alpha value is -0.710. The van der Waals surface area contributed by atoms with Crippen molar-refractivity contribution in [2.24, 2.45) is 0 Å². The second-order valence-electron chi connectivity index (χ2n) is 4.59. The van der Waals surface area contributed by atoms with Gasteiger partial charge in [-0.05, 0) is 58.2 Å². The predicted octanol–water partition coefficient (Wildman–Crippen LogP) is 5.91. The van der Waals surface area contributed by atoms with Gasteiger partial charge in [-0.3, -0.25) is 0 Å². The highest BCUT2D eigenvalue weighted by Gasteiger charge is 2.20. The fourth-order valence-electron chi connectivity index (χ4n) is 2.13. The number of rotatable bonds is 4. The maximum absolute atomic E-state index is 6.12. The third-order valence-corrected chi connectivity index (χ3v) is 5.13. The molecule has 1 atom stereocenters. The number of benzene rings is 2. The molecule has 2 aromatic rings. The lowest BCUT2D eigenvalue weighted by Crippen LogP contribution is -2.00. The monoisotopic (exact) mass is 432 g/mol. The lowest BCUT2D eigenvalue weighted by atomic mass is 9.99. The zero-order chi connectivity index (χ0) is 15.6. The second-order valence-corrected chi connectivity index (χ2v) is 6.80. The van der Waals surface area contributed by atoms with Crippen LogP contribution in [0.2, 0.25) is 5.02 Å². The van der Waals surface area contributed by atoms with Crippen LogP contribution in [0.15, 0.2) is 34.8 Å². The van der Waals surface area contributed by atoms with Crippen LogP contribution in [-0.2, 0) is 0 Å². The van der Waals surface area contributed by atoms with Gasteiger partial charge in [0.1, 0.15) is 11.5 Å². The summed E-state index contributed by atoms with van der Waals surface area (Å²) in [5, 5.41) is 0.711. The van der Waals surface area contributed by atoms with Crippen LogP contribution in [0.3, 0.4) is 0 Å². The molecule has 21 heavy (non-hydrogen) atoms. The van der Waals surface area contributed by atoms with Crippen molar-refractivity contribution in [1.29, 1.82) is 0 Å². The summed E-state index contributed by atoms with van der Waals surface area (Å²) in [6, 6.07) is 9.73. The third kappa shape index (κ3) is 3.55. The molecule has 0 aliphatic carbocycles. The van der Waals surface area contributed by atoms with Crippen LogP contribution < -0.4 is 9.47 Å². The molecule has 0 fully saturated rings. The largest absolute Gasteiger partial charge is 0.496 e. The van der Waals surface area contributed by atoms with Gasteiger partial charge in [0.05, 0.1) is 23.5 Å². The Bertz CT molecular complexity index is 659. The van der Waals surface area contributed by atoms with E-state index in [0.717, 1.165) is 32.7 Å². The Morgan fingerprint density at radius 3 is 2.29 bits per heavy atom. The van der Waals surface area contributed by atoms with Crippen molar-refractivity contribution < 1.29 is 9.47 Å². The van der Waals surface area contributed by atoms with Crippen molar-refractivity contribution in [3.05, 3.63) is 56.5 Å². The van der Waals surface area contributed by atoms with E-state index in [4.69, 9.17) is 21.1 Å². The highest BCUT2D eigenvalue weighted by molar-refractivity contribution is 9.10. The van der Waals surface area contributed by atoms with Gasteiger partial charge in [0.25, 0.3) is 0 Å². The fourth-order valence-corrected chi connectivity index (χ4v) is 3.65. The quantitative estimate of drug-likeness (QED) is 0.557. The molecule has 0 bridgehead atoms. The summed E-state index contributed by atoms with van der Waals surface area (Å²) in [5.74, 6) is 1.54. The fraction of sp³-hybridized carbons (Fsp3) is 0.250. The average Bonchev–Trinajstić information content (AvgIpc) is 2.48. The Morgan fingerprint density at radius 1 is 1.00 bits per heavy atom. The first-order valence-electron chi connectivity index (χ1n) is 6.29. The number of ether oxygens (including phenoxy) is 2. The first-order valence-corrected chi connectivity index (χ1v) is 8.38. The highest BCUT2D eigenvalue weighted by Crippen LogP contribution is 2.43. The zero-order valence-electron chi connectivity index (χ0n) is 11.9. The van der Waals surface area contributed by atoms with E-state index in [1.54, 1.807) is 14.2 Å². The lowest BCUT2D eigenvalue weighted by molar-refractivity contribution is 0.397. The van der Waals surface area contributed by atoms with Gasteiger partial charge in [-0.2, -0.15) is 0 Å². The van der Waals surface area contributed by atoms with Crippen molar-refractivity contribution in [2.75, 3.05) is 14.2 Å². The molecule has 0 aliphatic heterocycles. The molecule has 0 aliphatic rings. The molecular weight excluding hydrogens is 419 g/mol. The number of hydrogen-bond acceptors (Lipinski definition) is 2. The molecule has 0 spiro atoms. The van der Waals surface area contributed by atoms with Gasteiger partial charge in [0.15, 0.2) is 0 Å². The Labute approximate surface area is 146 Å². The first kappa shape index (κ1) is 16.7. The molecule has 2 aromatic carbocycles. The molecule has 2 nitrogen and oxygen atoms in total. The van der Waals surface area contributed by atoms with Crippen LogP contribution in [0, 0.1) is 6.92 Å². The molecule has 0 radical (unpaired) electrons.